The quantitative estimate of drug-likeness (QED) is 0.120. The van der Waals surface area contributed by atoms with Gasteiger partial charge in [0.05, 0.1) is 0 Å². The van der Waals surface area contributed by atoms with Crippen molar-refractivity contribution in [2.75, 3.05) is 0 Å². The Labute approximate surface area is 202 Å². The van der Waals surface area contributed by atoms with Crippen molar-refractivity contribution in [3.8, 4) is 10.6 Å². The van der Waals surface area contributed by atoms with Crippen LogP contribution in [0.15, 0.2) is 72.8 Å². The molecule has 1 unspecified atom stereocenters. The Morgan fingerprint density at radius 3 is 1.86 bits per heavy atom. The number of alkyl halides is 6. The fraction of sp³-hybridized carbons (Fsp3) is 0.143. The molecule has 3 aromatic carbocycles. The van der Waals surface area contributed by atoms with E-state index in [2.05, 4.69) is 4.18 Å². The van der Waals surface area contributed by atoms with Gasteiger partial charge in [-0.05, 0) is 36.4 Å². The molecule has 15 heteroatoms. The maximum Gasteiger partial charge on any atom is 0.450 e. The molecule has 4 aromatic rings. The van der Waals surface area contributed by atoms with Gasteiger partial charge in [-0.1, -0.05) is 30.3 Å². The zero-order valence-corrected chi connectivity index (χ0v) is 19.8. The summed E-state index contributed by atoms with van der Waals surface area (Å²) >= 11 is 0. The highest BCUT2D eigenvalue weighted by molar-refractivity contribution is 7.88. The van der Waals surface area contributed by atoms with Gasteiger partial charge >= 0.3 is 26.5 Å². The number of benzene rings is 3. The number of halogens is 6. The fourth-order valence-electron chi connectivity index (χ4n) is 3.40. The minimum atomic E-state index is -7.39. The second-order valence-electron chi connectivity index (χ2n) is 7.37. The zero-order chi connectivity index (χ0) is 26.7. The molecular weight excluding hydrogens is 558 g/mol. The number of rotatable bonds is 7. The monoisotopic (exact) mass is 570 g/mol. The van der Waals surface area contributed by atoms with E-state index in [4.69, 9.17) is 0 Å². The molecule has 0 spiro atoms. The molecule has 0 saturated heterocycles. The highest BCUT2D eigenvalue weighted by Gasteiger charge is 2.81. The minimum Gasteiger partial charge on any atom is -0.743 e. The predicted molar refractivity (Wildman–Crippen MR) is 119 cm³/mol. The van der Waals surface area contributed by atoms with Gasteiger partial charge in [0, 0.05) is 27.3 Å². The number of thiophene rings is 1. The van der Waals surface area contributed by atoms with Crippen molar-refractivity contribution in [2.24, 2.45) is 0 Å². The van der Waals surface area contributed by atoms with E-state index >= 15 is 0 Å². The third-order valence-corrected chi connectivity index (χ3v) is 9.61. The first-order chi connectivity index (χ1) is 16.5. The first-order valence-electron chi connectivity index (χ1n) is 9.58. The summed E-state index contributed by atoms with van der Waals surface area (Å²) < 4.78 is 144. The van der Waals surface area contributed by atoms with Crippen LogP contribution in [-0.2, 0) is 20.2 Å². The van der Waals surface area contributed by atoms with Crippen molar-refractivity contribution in [3.63, 3.8) is 0 Å². The molecule has 0 amide bonds. The molecule has 0 aliphatic rings. The first-order valence-corrected chi connectivity index (χ1v) is 13.6. The Bertz CT molecular complexity index is 1680. The number of hydrogen-bond acceptors (Lipinski definition) is 6. The molecule has 1 heterocycles. The summed E-state index contributed by atoms with van der Waals surface area (Å²) in [6, 6.07) is 18.8. The second-order valence-corrected chi connectivity index (χ2v) is 12.3. The minimum absolute atomic E-state index is 0.373. The summed E-state index contributed by atoms with van der Waals surface area (Å²) in [5.74, 6) is -8.07. The predicted octanol–water partition coefficient (Wildman–Crippen LogP) is 5.81. The molecule has 6 nitrogen and oxygen atoms in total. The SMILES string of the molecule is O=S(=O)([O-])C(F)(F)C(F)(F)C(F)(F)S(=O)(=O)Oc1ccc2c3ccccc3[s+](-c3ccccc3)c2c1. The molecule has 0 N–H and O–H groups in total. The second kappa shape index (κ2) is 8.33. The Morgan fingerprint density at radius 2 is 1.25 bits per heavy atom. The van der Waals surface area contributed by atoms with Crippen LogP contribution < -0.4 is 4.18 Å². The van der Waals surface area contributed by atoms with E-state index in [0.717, 1.165) is 27.1 Å². The Kier molecular flexibility index (Phi) is 6.06. The molecule has 0 radical (unpaired) electrons. The molecule has 0 saturated carbocycles. The Morgan fingerprint density at radius 1 is 0.694 bits per heavy atom. The van der Waals surface area contributed by atoms with Crippen molar-refractivity contribution in [3.05, 3.63) is 72.8 Å². The van der Waals surface area contributed by atoms with Crippen LogP contribution in [0.1, 0.15) is 0 Å². The lowest BCUT2D eigenvalue weighted by molar-refractivity contribution is -0.247. The van der Waals surface area contributed by atoms with Gasteiger partial charge in [0.15, 0.2) is 24.4 Å². The molecule has 0 fully saturated rings. The normalized spacial score (nSPS) is 14.4. The maximum absolute atomic E-state index is 14.2. The summed E-state index contributed by atoms with van der Waals surface area (Å²) in [7, 11) is -15.2. The standard InChI is InChI=1S/C21H12F6O6S3/c22-19(23,20(24,25)35(28,29)30)21(26,27)36(31,32)33-13-10-11-16-15-8-4-5-9-17(15)34(18(16)12-13)14-6-2-1-3-7-14/h1-12H. The molecular formula is C21H12F6O6S3. The molecule has 0 bridgehead atoms. The van der Waals surface area contributed by atoms with Crippen LogP contribution in [0.5, 0.6) is 5.75 Å². The van der Waals surface area contributed by atoms with Crippen molar-refractivity contribution in [2.45, 2.75) is 16.4 Å². The van der Waals surface area contributed by atoms with Crippen molar-refractivity contribution >= 4 is 50.9 Å². The molecule has 0 aliphatic heterocycles. The van der Waals surface area contributed by atoms with Crippen LogP contribution in [0, 0.1) is 0 Å². The number of hydrogen-bond donors (Lipinski definition) is 0. The largest absolute Gasteiger partial charge is 0.743 e. The lowest BCUT2D eigenvalue weighted by Crippen LogP contribution is -2.61. The van der Waals surface area contributed by atoms with E-state index in [-0.39, 0.29) is 0 Å². The molecule has 1 atom stereocenters. The van der Waals surface area contributed by atoms with Crippen molar-refractivity contribution in [1.29, 1.82) is 0 Å². The van der Waals surface area contributed by atoms with Gasteiger partial charge in [-0.25, -0.2) is 8.42 Å². The first kappa shape index (κ1) is 26.2. The lowest BCUT2D eigenvalue weighted by Gasteiger charge is -2.32. The average Bonchev–Trinajstić information content (AvgIpc) is 3.11. The van der Waals surface area contributed by atoms with Crippen LogP contribution in [0.4, 0.5) is 26.3 Å². The average molecular weight is 571 g/mol. The summed E-state index contributed by atoms with van der Waals surface area (Å²) in [5.41, 5.74) is 0. The highest BCUT2D eigenvalue weighted by atomic mass is 32.2. The summed E-state index contributed by atoms with van der Waals surface area (Å²) in [4.78, 5) is 0.737. The van der Waals surface area contributed by atoms with E-state index in [1.165, 1.54) is 6.07 Å². The summed E-state index contributed by atoms with van der Waals surface area (Å²) in [6.45, 7) is 0. The van der Waals surface area contributed by atoms with Crippen LogP contribution in [0.3, 0.4) is 0 Å². The fourth-order valence-corrected chi connectivity index (χ4v) is 7.23. The van der Waals surface area contributed by atoms with Gasteiger partial charge in [0.25, 0.3) is 0 Å². The molecule has 0 aliphatic carbocycles. The zero-order valence-electron chi connectivity index (χ0n) is 17.4. The highest BCUT2D eigenvalue weighted by Crippen LogP contribution is 2.52. The van der Waals surface area contributed by atoms with Crippen LogP contribution in [0.2, 0.25) is 0 Å². The van der Waals surface area contributed by atoms with Crippen molar-refractivity contribution in [1.82, 2.24) is 0 Å². The van der Waals surface area contributed by atoms with Gasteiger partial charge in [0.1, 0.15) is 5.75 Å². The van der Waals surface area contributed by atoms with Gasteiger partial charge in [-0.3, -0.25) is 0 Å². The molecule has 4 rings (SSSR count). The third-order valence-electron chi connectivity index (χ3n) is 5.11. The lowest BCUT2D eigenvalue weighted by atomic mass is 10.1. The van der Waals surface area contributed by atoms with Gasteiger partial charge < -0.3 is 8.74 Å². The summed E-state index contributed by atoms with van der Waals surface area (Å²) in [5, 5.41) is -12.5. The topological polar surface area (TPSA) is 101 Å². The van der Waals surface area contributed by atoms with E-state index < -0.39 is 52.9 Å². The molecule has 192 valence electrons. The Hall–Kier alpha value is -2.88. The smallest absolute Gasteiger partial charge is 0.450 e. The summed E-state index contributed by atoms with van der Waals surface area (Å²) in [6.07, 6.45) is 0. The van der Waals surface area contributed by atoms with Crippen molar-refractivity contribution < 1.29 is 51.9 Å². The molecule has 36 heavy (non-hydrogen) atoms. The van der Waals surface area contributed by atoms with E-state index in [9.17, 15) is 47.7 Å². The van der Waals surface area contributed by atoms with Crippen LogP contribution in [-0.4, -0.2) is 37.8 Å². The van der Waals surface area contributed by atoms with Gasteiger partial charge in [-0.15, -0.1) is 0 Å². The van der Waals surface area contributed by atoms with E-state index in [1.54, 1.807) is 54.6 Å². The third kappa shape index (κ3) is 3.81. The van der Waals surface area contributed by atoms with Gasteiger partial charge in [0.2, 0.25) is 0 Å². The molecule has 1 aromatic heterocycles. The van der Waals surface area contributed by atoms with Crippen LogP contribution >= 0.6 is 10.5 Å². The van der Waals surface area contributed by atoms with Crippen LogP contribution in [0.25, 0.3) is 25.1 Å². The van der Waals surface area contributed by atoms with E-state index in [1.807, 2.05) is 0 Å². The number of fused-ring (bicyclic) bond motifs is 3. The Balaban J connectivity index is 1.85. The van der Waals surface area contributed by atoms with Gasteiger partial charge in [-0.2, -0.15) is 34.8 Å². The maximum atomic E-state index is 14.2. The van der Waals surface area contributed by atoms with E-state index in [0.29, 0.717) is 10.1 Å².